The molecule has 0 unspecified atom stereocenters. The summed E-state index contributed by atoms with van der Waals surface area (Å²) in [6.45, 7) is 3.21. The van der Waals surface area contributed by atoms with Crippen molar-refractivity contribution in [3.05, 3.63) is 66.2 Å². The number of aromatic nitrogens is 1. The second-order valence-electron chi connectivity index (χ2n) is 7.93. The van der Waals surface area contributed by atoms with E-state index in [0.717, 1.165) is 18.7 Å². The molecular formula is C26H23F2NO6. The highest BCUT2D eigenvalue weighted by molar-refractivity contribution is 5.92. The van der Waals surface area contributed by atoms with Gasteiger partial charge in [-0.25, -0.2) is 8.78 Å². The smallest absolute Gasteiger partial charge is 0.290 e. The lowest BCUT2D eigenvalue weighted by atomic mass is 10.0. The molecule has 182 valence electrons. The van der Waals surface area contributed by atoms with Gasteiger partial charge in [0.15, 0.2) is 17.1 Å². The fourth-order valence-electron chi connectivity index (χ4n) is 3.61. The first kappa shape index (κ1) is 24.0. The molecule has 0 fully saturated rings. The van der Waals surface area contributed by atoms with Gasteiger partial charge in [-0.15, -0.1) is 0 Å². The fraction of sp³-hybridized carbons (Fsp3) is 0.231. The highest BCUT2D eigenvalue weighted by Gasteiger charge is 2.24. The van der Waals surface area contributed by atoms with E-state index in [4.69, 9.17) is 28.6 Å². The topological polar surface area (TPSA) is 91.0 Å². The van der Waals surface area contributed by atoms with Crippen LogP contribution in [0.4, 0.5) is 8.78 Å². The standard InChI is InChI=1S/C25H21F2NO4.CH2O2/c1-3-17-14-29-21-11-9-19(13-23(21)31-17)30-18-8-10-20-22(12-18)32-28-24(20)15-4-6-16(7-5-15)25(2,26)27;2-1-3/h4-13,17H,3,14H2,1-2H3;1H,(H,2,3)/t17-;/m1./s1. The zero-order chi connectivity index (χ0) is 25.0. The minimum Gasteiger partial charge on any atom is -0.486 e. The number of nitrogens with zero attached hydrogens (tertiary/aromatic N) is 1. The summed E-state index contributed by atoms with van der Waals surface area (Å²) < 4.78 is 50.1. The first-order valence-electron chi connectivity index (χ1n) is 10.9. The maximum absolute atomic E-state index is 13.5. The van der Waals surface area contributed by atoms with Crippen LogP contribution in [0.5, 0.6) is 23.0 Å². The number of fused-ring (bicyclic) bond motifs is 2. The monoisotopic (exact) mass is 483 g/mol. The quantitative estimate of drug-likeness (QED) is 0.318. The number of rotatable bonds is 5. The van der Waals surface area contributed by atoms with Crippen LogP contribution in [-0.2, 0) is 10.7 Å². The van der Waals surface area contributed by atoms with Crippen molar-refractivity contribution in [2.75, 3.05) is 6.61 Å². The molecule has 1 N–H and O–H groups in total. The van der Waals surface area contributed by atoms with Crippen molar-refractivity contribution < 1.29 is 37.4 Å². The van der Waals surface area contributed by atoms with Gasteiger partial charge in [0.05, 0.1) is 0 Å². The maximum Gasteiger partial charge on any atom is 0.290 e. The van der Waals surface area contributed by atoms with E-state index in [1.807, 2.05) is 31.2 Å². The SMILES string of the molecule is CC[C@@H]1COc2ccc(Oc3ccc4c(-c5ccc(C(C)(F)F)cc5)noc4c3)cc2O1.O=CO. The third-order valence-electron chi connectivity index (χ3n) is 5.43. The molecule has 1 aliphatic rings. The lowest BCUT2D eigenvalue weighted by Crippen LogP contribution is -2.28. The lowest BCUT2D eigenvalue weighted by molar-refractivity contribution is -0.122. The maximum atomic E-state index is 13.5. The van der Waals surface area contributed by atoms with Crippen molar-refractivity contribution in [3.8, 4) is 34.3 Å². The first-order chi connectivity index (χ1) is 16.8. The van der Waals surface area contributed by atoms with E-state index < -0.39 is 5.92 Å². The predicted molar refractivity (Wildman–Crippen MR) is 124 cm³/mol. The van der Waals surface area contributed by atoms with Gasteiger partial charge >= 0.3 is 0 Å². The van der Waals surface area contributed by atoms with Crippen LogP contribution >= 0.6 is 0 Å². The molecule has 1 atom stereocenters. The third kappa shape index (κ3) is 5.34. The van der Waals surface area contributed by atoms with Gasteiger partial charge in [0.1, 0.15) is 29.9 Å². The molecular weight excluding hydrogens is 460 g/mol. The Labute approximate surface area is 199 Å². The normalized spacial score (nSPS) is 14.7. The fourth-order valence-corrected chi connectivity index (χ4v) is 3.61. The Balaban J connectivity index is 0.000000917. The molecule has 0 amide bonds. The molecule has 2 heterocycles. The highest BCUT2D eigenvalue weighted by Crippen LogP contribution is 2.38. The summed E-state index contributed by atoms with van der Waals surface area (Å²) >= 11 is 0. The number of hydrogen-bond acceptors (Lipinski definition) is 6. The van der Waals surface area contributed by atoms with Crippen LogP contribution in [0.3, 0.4) is 0 Å². The van der Waals surface area contributed by atoms with Gasteiger partial charge < -0.3 is 23.8 Å². The second kappa shape index (κ2) is 10.0. The summed E-state index contributed by atoms with van der Waals surface area (Å²) in [5, 5.41) is 11.8. The van der Waals surface area contributed by atoms with Crippen LogP contribution in [0.2, 0.25) is 0 Å². The van der Waals surface area contributed by atoms with Gasteiger partial charge in [-0.3, -0.25) is 4.79 Å². The van der Waals surface area contributed by atoms with E-state index in [2.05, 4.69) is 5.16 Å². The van der Waals surface area contributed by atoms with Crippen LogP contribution in [0.25, 0.3) is 22.2 Å². The van der Waals surface area contributed by atoms with Gasteiger partial charge in [0.2, 0.25) is 0 Å². The molecule has 4 aromatic rings. The molecule has 0 aliphatic carbocycles. The summed E-state index contributed by atoms with van der Waals surface area (Å²) in [7, 11) is 0. The number of benzene rings is 3. The predicted octanol–water partition coefficient (Wildman–Crippen LogP) is 6.65. The van der Waals surface area contributed by atoms with E-state index >= 15 is 0 Å². The molecule has 0 saturated heterocycles. The van der Waals surface area contributed by atoms with Gasteiger partial charge in [-0.2, -0.15) is 0 Å². The zero-order valence-corrected chi connectivity index (χ0v) is 19.0. The molecule has 1 aromatic heterocycles. The van der Waals surface area contributed by atoms with Gasteiger partial charge in [0, 0.05) is 35.6 Å². The number of alkyl halides is 2. The Morgan fingerprint density at radius 3 is 2.46 bits per heavy atom. The molecule has 3 aromatic carbocycles. The number of carboxylic acid groups (broad SMARTS) is 1. The molecule has 9 heteroatoms. The lowest BCUT2D eigenvalue weighted by Gasteiger charge is -2.25. The van der Waals surface area contributed by atoms with Crippen LogP contribution in [0.15, 0.2) is 65.2 Å². The molecule has 1 aliphatic heterocycles. The number of ether oxygens (including phenoxy) is 3. The number of halogens is 2. The number of carbonyl (C=O) groups is 1. The summed E-state index contributed by atoms with van der Waals surface area (Å²) in [5.41, 5.74) is 1.77. The van der Waals surface area contributed by atoms with Crippen molar-refractivity contribution in [3.63, 3.8) is 0 Å². The minimum absolute atomic E-state index is 0.0272. The van der Waals surface area contributed by atoms with Crippen LogP contribution in [-0.4, -0.2) is 29.4 Å². The Hall–Kier alpha value is -4.14. The molecule has 0 spiro atoms. The van der Waals surface area contributed by atoms with Crippen molar-refractivity contribution in [2.45, 2.75) is 32.3 Å². The van der Waals surface area contributed by atoms with Gasteiger partial charge in [-0.1, -0.05) is 36.3 Å². The largest absolute Gasteiger partial charge is 0.486 e. The zero-order valence-electron chi connectivity index (χ0n) is 19.0. The summed E-state index contributed by atoms with van der Waals surface area (Å²) in [5.74, 6) is -0.347. The van der Waals surface area contributed by atoms with Crippen LogP contribution < -0.4 is 14.2 Å². The molecule has 0 radical (unpaired) electrons. The van der Waals surface area contributed by atoms with Crippen molar-refractivity contribution in [1.82, 2.24) is 5.16 Å². The third-order valence-corrected chi connectivity index (χ3v) is 5.43. The molecule has 0 bridgehead atoms. The molecule has 5 rings (SSSR count). The second-order valence-corrected chi connectivity index (χ2v) is 7.93. The summed E-state index contributed by atoms with van der Waals surface area (Å²) in [6, 6.07) is 16.9. The highest BCUT2D eigenvalue weighted by atomic mass is 19.3. The average molecular weight is 483 g/mol. The first-order valence-corrected chi connectivity index (χ1v) is 10.9. The Bertz CT molecular complexity index is 1310. The van der Waals surface area contributed by atoms with Crippen molar-refractivity contribution >= 4 is 17.4 Å². The Morgan fingerprint density at radius 1 is 1.09 bits per heavy atom. The molecule has 7 nitrogen and oxygen atoms in total. The molecule has 0 saturated carbocycles. The van der Waals surface area contributed by atoms with Crippen LogP contribution in [0.1, 0.15) is 25.8 Å². The summed E-state index contributed by atoms with van der Waals surface area (Å²) in [4.78, 5) is 8.36. The van der Waals surface area contributed by atoms with Crippen molar-refractivity contribution in [1.29, 1.82) is 0 Å². The van der Waals surface area contributed by atoms with Crippen molar-refractivity contribution in [2.24, 2.45) is 0 Å². The Morgan fingerprint density at radius 2 is 1.77 bits per heavy atom. The number of hydrogen-bond donors (Lipinski definition) is 1. The van der Waals surface area contributed by atoms with E-state index in [-0.39, 0.29) is 18.1 Å². The van der Waals surface area contributed by atoms with E-state index in [0.29, 0.717) is 46.4 Å². The van der Waals surface area contributed by atoms with E-state index in [1.165, 1.54) is 12.1 Å². The molecule has 35 heavy (non-hydrogen) atoms. The van der Waals surface area contributed by atoms with Crippen LogP contribution in [0, 0.1) is 0 Å². The van der Waals surface area contributed by atoms with E-state index in [9.17, 15) is 8.78 Å². The van der Waals surface area contributed by atoms with E-state index in [1.54, 1.807) is 24.3 Å². The minimum atomic E-state index is -2.89. The average Bonchev–Trinajstić information content (AvgIpc) is 3.27. The van der Waals surface area contributed by atoms with Gasteiger partial charge in [-0.05, 0) is 30.7 Å². The summed E-state index contributed by atoms with van der Waals surface area (Å²) in [6.07, 6.45) is 0.887. The Kier molecular flexibility index (Phi) is 6.86. The van der Waals surface area contributed by atoms with Gasteiger partial charge in [0.25, 0.3) is 12.4 Å².